The topological polar surface area (TPSA) is 24.9 Å². The van der Waals surface area contributed by atoms with Gasteiger partial charge in [0, 0.05) is 11.8 Å². The van der Waals surface area contributed by atoms with Crippen LogP contribution in [0.15, 0.2) is 42.7 Å². The quantitative estimate of drug-likeness (QED) is 0.897. The zero-order valence-electron chi connectivity index (χ0n) is 12.2. The first-order chi connectivity index (χ1) is 9.61. The lowest BCUT2D eigenvalue weighted by Gasteiger charge is -2.19. The van der Waals surface area contributed by atoms with Crippen molar-refractivity contribution in [2.24, 2.45) is 5.92 Å². The van der Waals surface area contributed by atoms with Gasteiger partial charge in [0.15, 0.2) is 0 Å². The molecule has 106 valence electrons. The highest BCUT2D eigenvalue weighted by atomic mass is 19.1. The molecule has 0 saturated carbocycles. The van der Waals surface area contributed by atoms with Gasteiger partial charge in [-0.1, -0.05) is 38.1 Å². The zero-order chi connectivity index (χ0) is 14.5. The summed E-state index contributed by atoms with van der Waals surface area (Å²) in [7, 11) is 1.85. The van der Waals surface area contributed by atoms with E-state index >= 15 is 0 Å². The molecule has 1 N–H and O–H groups in total. The molecule has 0 aliphatic rings. The van der Waals surface area contributed by atoms with Crippen LogP contribution >= 0.6 is 0 Å². The maximum absolute atomic E-state index is 13.9. The third-order valence-electron chi connectivity index (χ3n) is 3.33. The molecule has 0 fully saturated rings. The Hall–Kier alpha value is -1.74. The molecular formula is C17H21FN2. The van der Waals surface area contributed by atoms with Crippen LogP contribution in [0.4, 0.5) is 4.39 Å². The van der Waals surface area contributed by atoms with Crippen molar-refractivity contribution in [1.29, 1.82) is 0 Å². The second kappa shape index (κ2) is 6.62. The average molecular weight is 272 g/mol. The molecule has 0 aliphatic carbocycles. The fourth-order valence-corrected chi connectivity index (χ4v) is 2.49. The van der Waals surface area contributed by atoms with Crippen LogP contribution in [-0.4, -0.2) is 12.0 Å². The fraction of sp³-hybridized carbons (Fsp3) is 0.353. The van der Waals surface area contributed by atoms with Gasteiger partial charge in [-0.25, -0.2) is 4.39 Å². The average Bonchev–Trinajstić information content (AvgIpc) is 2.41. The molecule has 0 radical (unpaired) electrons. The summed E-state index contributed by atoms with van der Waals surface area (Å²) in [4.78, 5) is 3.81. The van der Waals surface area contributed by atoms with Gasteiger partial charge in [-0.3, -0.25) is 4.98 Å². The largest absolute Gasteiger partial charge is 0.309 e. The SMILES string of the molecule is CNC(c1cccc(CC(C)C)c1)c1ccncc1F. The van der Waals surface area contributed by atoms with Crippen LogP contribution < -0.4 is 5.32 Å². The molecule has 1 atom stereocenters. The summed E-state index contributed by atoms with van der Waals surface area (Å²) >= 11 is 0. The minimum absolute atomic E-state index is 0.148. The second-order valence-electron chi connectivity index (χ2n) is 5.46. The van der Waals surface area contributed by atoms with Gasteiger partial charge in [0.25, 0.3) is 0 Å². The van der Waals surface area contributed by atoms with Crippen molar-refractivity contribution in [2.75, 3.05) is 7.05 Å². The number of pyridine rings is 1. The molecule has 1 aromatic heterocycles. The number of nitrogens with one attached hydrogen (secondary N) is 1. The van der Waals surface area contributed by atoms with Crippen molar-refractivity contribution >= 4 is 0 Å². The van der Waals surface area contributed by atoms with Gasteiger partial charge in [-0.2, -0.15) is 0 Å². The summed E-state index contributed by atoms with van der Waals surface area (Å²) in [6.07, 6.45) is 3.92. The molecular weight excluding hydrogens is 251 g/mol. The molecule has 0 saturated heterocycles. The number of aromatic nitrogens is 1. The first-order valence-corrected chi connectivity index (χ1v) is 6.97. The van der Waals surface area contributed by atoms with Gasteiger partial charge in [-0.05, 0) is 36.6 Å². The van der Waals surface area contributed by atoms with E-state index in [1.807, 2.05) is 19.2 Å². The highest BCUT2D eigenvalue weighted by molar-refractivity contribution is 5.34. The Morgan fingerprint density at radius 2 is 2.05 bits per heavy atom. The van der Waals surface area contributed by atoms with Crippen LogP contribution in [-0.2, 0) is 6.42 Å². The van der Waals surface area contributed by atoms with Crippen LogP contribution in [0.3, 0.4) is 0 Å². The van der Waals surface area contributed by atoms with E-state index in [0.717, 1.165) is 12.0 Å². The van der Waals surface area contributed by atoms with E-state index in [2.05, 4.69) is 36.3 Å². The number of rotatable bonds is 5. The molecule has 1 aromatic carbocycles. The van der Waals surface area contributed by atoms with Gasteiger partial charge in [0.2, 0.25) is 0 Å². The molecule has 0 amide bonds. The molecule has 2 rings (SSSR count). The molecule has 0 aliphatic heterocycles. The number of benzene rings is 1. The van der Waals surface area contributed by atoms with E-state index < -0.39 is 0 Å². The molecule has 1 heterocycles. The van der Waals surface area contributed by atoms with Crippen molar-refractivity contribution in [2.45, 2.75) is 26.3 Å². The van der Waals surface area contributed by atoms with E-state index in [-0.39, 0.29) is 11.9 Å². The lowest BCUT2D eigenvalue weighted by Crippen LogP contribution is -2.19. The maximum Gasteiger partial charge on any atom is 0.146 e. The summed E-state index contributed by atoms with van der Waals surface area (Å²) < 4.78 is 13.9. The van der Waals surface area contributed by atoms with E-state index in [0.29, 0.717) is 11.5 Å². The molecule has 2 aromatic rings. The number of hydrogen-bond donors (Lipinski definition) is 1. The Morgan fingerprint density at radius 1 is 1.25 bits per heavy atom. The lowest BCUT2D eigenvalue weighted by molar-refractivity contribution is 0.570. The van der Waals surface area contributed by atoms with Crippen molar-refractivity contribution in [3.63, 3.8) is 0 Å². The third kappa shape index (κ3) is 3.42. The third-order valence-corrected chi connectivity index (χ3v) is 3.33. The number of nitrogens with zero attached hydrogens (tertiary/aromatic N) is 1. The van der Waals surface area contributed by atoms with Crippen LogP contribution in [0.25, 0.3) is 0 Å². The Balaban J connectivity index is 2.35. The van der Waals surface area contributed by atoms with E-state index in [4.69, 9.17) is 0 Å². The van der Waals surface area contributed by atoms with E-state index in [9.17, 15) is 4.39 Å². The van der Waals surface area contributed by atoms with Crippen molar-refractivity contribution in [3.05, 3.63) is 65.2 Å². The summed E-state index contributed by atoms with van der Waals surface area (Å²) in [6.45, 7) is 4.40. The highest BCUT2D eigenvalue weighted by Crippen LogP contribution is 2.24. The predicted molar refractivity (Wildman–Crippen MR) is 80.1 cm³/mol. The Labute approximate surface area is 120 Å². The minimum atomic E-state index is -0.277. The van der Waals surface area contributed by atoms with Crippen molar-refractivity contribution < 1.29 is 4.39 Å². The molecule has 0 bridgehead atoms. The summed E-state index contributed by atoms with van der Waals surface area (Å²) in [5, 5.41) is 3.19. The smallest absolute Gasteiger partial charge is 0.146 e. The van der Waals surface area contributed by atoms with Crippen LogP contribution in [0.2, 0.25) is 0 Å². The Bertz CT molecular complexity index is 566. The van der Waals surface area contributed by atoms with Crippen LogP contribution in [0.1, 0.15) is 36.6 Å². The maximum atomic E-state index is 13.9. The fourth-order valence-electron chi connectivity index (χ4n) is 2.49. The Morgan fingerprint density at radius 3 is 2.70 bits per heavy atom. The highest BCUT2D eigenvalue weighted by Gasteiger charge is 2.16. The first kappa shape index (κ1) is 14.7. The molecule has 2 nitrogen and oxygen atoms in total. The van der Waals surface area contributed by atoms with E-state index in [1.165, 1.54) is 11.8 Å². The van der Waals surface area contributed by atoms with Gasteiger partial charge in [-0.15, -0.1) is 0 Å². The number of halogens is 1. The van der Waals surface area contributed by atoms with Crippen LogP contribution in [0.5, 0.6) is 0 Å². The number of hydrogen-bond acceptors (Lipinski definition) is 2. The van der Waals surface area contributed by atoms with Gasteiger partial charge in [0.1, 0.15) is 5.82 Å². The predicted octanol–water partition coefficient (Wildman–Crippen LogP) is 3.73. The molecule has 20 heavy (non-hydrogen) atoms. The minimum Gasteiger partial charge on any atom is -0.309 e. The van der Waals surface area contributed by atoms with Gasteiger partial charge in [0.05, 0.1) is 12.2 Å². The summed E-state index contributed by atoms with van der Waals surface area (Å²) in [6, 6.07) is 9.93. The normalized spacial score (nSPS) is 12.7. The summed E-state index contributed by atoms with van der Waals surface area (Å²) in [5.74, 6) is 0.331. The Kier molecular flexibility index (Phi) is 4.85. The lowest BCUT2D eigenvalue weighted by atomic mass is 9.95. The van der Waals surface area contributed by atoms with Gasteiger partial charge >= 0.3 is 0 Å². The summed E-state index contributed by atoms with van der Waals surface area (Å²) in [5.41, 5.74) is 2.99. The van der Waals surface area contributed by atoms with Gasteiger partial charge < -0.3 is 5.32 Å². The monoisotopic (exact) mass is 272 g/mol. The molecule has 3 heteroatoms. The van der Waals surface area contributed by atoms with Crippen molar-refractivity contribution in [1.82, 2.24) is 10.3 Å². The molecule has 1 unspecified atom stereocenters. The molecule has 0 spiro atoms. The first-order valence-electron chi connectivity index (χ1n) is 6.97. The zero-order valence-corrected chi connectivity index (χ0v) is 12.2. The van der Waals surface area contributed by atoms with E-state index in [1.54, 1.807) is 12.3 Å². The standard InChI is InChI=1S/C17H21FN2/c1-12(2)9-13-5-4-6-14(10-13)17(19-3)15-7-8-20-11-16(15)18/h4-8,10-12,17,19H,9H2,1-3H3. The van der Waals surface area contributed by atoms with Crippen LogP contribution in [0, 0.1) is 11.7 Å². The second-order valence-corrected chi connectivity index (χ2v) is 5.46. The van der Waals surface area contributed by atoms with Crippen molar-refractivity contribution in [3.8, 4) is 0 Å².